The van der Waals surface area contributed by atoms with Gasteiger partial charge in [-0.1, -0.05) is 29.8 Å². The first-order valence-corrected chi connectivity index (χ1v) is 9.14. The minimum absolute atomic E-state index is 0.122. The molecule has 0 aliphatic carbocycles. The summed E-state index contributed by atoms with van der Waals surface area (Å²) in [6, 6.07) is 13.1. The van der Waals surface area contributed by atoms with Gasteiger partial charge in [-0.25, -0.2) is 22.8 Å². The molecule has 122 valence electrons. The number of hydrogen-bond donors (Lipinski definition) is 0. The molecule has 0 N–H and O–H groups in total. The number of sulfone groups is 1. The van der Waals surface area contributed by atoms with Crippen LogP contribution in [0.2, 0.25) is 0 Å². The van der Waals surface area contributed by atoms with Gasteiger partial charge in [-0.05, 0) is 31.2 Å². The zero-order valence-corrected chi connectivity index (χ0v) is 14.0. The molecule has 0 fully saturated rings. The van der Waals surface area contributed by atoms with Crippen molar-refractivity contribution in [1.29, 1.82) is 0 Å². The predicted molar refractivity (Wildman–Crippen MR) is 90.7 cm³/mol. The van der Waals surface area contributed by atoms with Gasteiger partial charge >= 0.3 is 0 Å². The van der Waals surface area contributed by atoms with Gasteiger partial charge in [-0.3, -0.25) is 0 Å². The van der Waals surface area contributed by atoms with Crippen LogP contribution < -0.4 is 0 Å². The maximum Gasteiger partial charge on any atom is 0.176 e. The summed E-state index contributed by atoms with van der Waals surface area (Å²) in [7, 11) is -3.61. The first-order chi connectivity index (χ1) is 11.3. The molecule has 0 atom stereocenters. The third-order valence-electron chi connectivity index (χ3n) is 3.59. The first-order valence-electron chi connectivity index (χ1n) is 7.25. The average molecular weight is 342 g/mol. The topological polar surface area (TPSA) is 59.9 Å². The van der Waals surface area contributed by atoms with Gasteiger partial charge < -0.3 is 0 Å². The van der Waals surface area contributed by atoms with Crippen LogP contribution in [0.1, 0.15) is 5.56 Å². The summed E-state index contributed by atoms with van der Waals surface area (Å²) in [6.07, 6.45) is 2.60. The minimum atomic E-state index is -3.61. The number of benzene rings is 2. The van der Waals surface area contributed by atoms with E-state index in [1.54, 1.807) is 12.3 Å². The van der Waals surface area contributed by atoms with Crippen molar-refractivity contribution in [2.75, 3.05) is 6.26 Å². The van der Waals surface area contributed by atoms with E-state index in [0.29, 0.717) is 5.69 Å². The lowest BCUT2D eigenvalue weighted by Crippen LogP contribution is -2.03. The molecule has 24 heavy (non-hydrogen) atoms. The van der Waals surface area contributed by atoms with Crippen LogP contribution in [-0.4, -0.2) is 24.6 Å². The van der Waals surface area contributed by atoms with Gasteiger partial charge in [0, 0.05) is 23.6 Å². The Morgan fingerprint density at radius 1 is 1.00 bits per heavy atom. The lowest BCUT2D eigenvalue weighted by molar-refractivity contribution is 0.596. The normalized spacial score (nSPS) is 11.5. The Hall–Kier alpha value is -2.60. The van der Waals surface area contributed by atoms with Crippen molar-refractivity contribution >= 4 is 9.84 Å². The van der Waals surface area contributed by atoms with E-state index in [0.717, 1.165) is 23.4 Å². The Morgan fingerprint density at radius 3 is 2.38 bits per heavy atom. The highest BCUT2D eigenvalue weighted by atomic mass is 32.2. The van der Waals surface area contributed by atoms with E-state index in [2.05, 4.69) is 9.97 Å². The van der Waals surface area contributed by atoms with Crippen molar-refractivity contribution in [3.8, 4) is 22.6 Å². The van der Waals surface area contributed by atoms with E-state index < -0.39 is 15.7 Å². The molecule has 1 aromatic heterocycles. The van der Waals surface area contributed by atoms with Crippen LogP contribution in [0.4, 0.5) is 4.39 Å². The molecule has 0 amide bonds. The van der Waals surface area contributed by atoms with Crippen LogP contribution in [0, 0.1) is 12.7 Å². The molecule has 4 nitrogen and oxygen atoms in total. The second kappa shape index (κ2) is 6.13. The zero-order valence-electron chi connectivity index (χ0n) is 13.2. The Balaban J connectivity index is 2.15. The quantitative estimate of drug-likeness (QED) is 0.729. The summed E-state index contributed by atoms with van der Waals surface area (Å²) in [4.78, 5) is 8.49. The lowest BCUT2D eigenvalue weighted by Gasteiger charge is -2.09. The number of nitrogens with zero attached hydrogens (tertiary/aromatic N) is 2. The van der Waals surface area contributed by atoms with Crippen LogP contribution in [0.15, 0.2) is 59.6 Å². The van der Waals surface area contributed by atoms with Gasteiger partial charge in [0.25, 0.3) is 0 Å². The molecule has 0 aliphatic heterocycles. The fourth-order valence-electron chi connectivity index (χ4n) is 2.36. The maximum absolute atomic E-state index is 13.5. The second-order valence-corrected chi connectivity index (χ2v) is 7.53. The smallest absolute Gasteiger partial charge is 0.176 e. The number of aryl methyl sites for hydroxylation is 1. The van der Waals surface area contributed by atoms with Crippen LogP contribution in [0.5, 0.6) is 0 Å². The van der Waals surface area contributed by atoms with Crippen LogP contribution in [0.3, 0.4) is 0 Å². The second-order valence-electron chi connectivity index (χ2n) is 5.54. The molecule has 3 aromatic rings. The molecule has 0 aliphatic rings. The number of halogens is 1. The van der Waals surface area contributed by atoms with Gasteiger partial charge in [0.1, 0.15) is 5.82 Å². The van der Waals surface area contributed by atoms with Crippen LogP contribution in [0.25, 0.3) is 22.6 Å². The summed E-state index contributed by atoms with van der Waals surface area (Å²) in [5.74, 6) is -0.373. The molecule has 0 saturated heterocycles. The van der Waals surface area contributed by atoms with Crippen molar-refractivity contribution in [3.05, 3.63) is 66.1 Å². The Labute approximate surface area is 140 Å². The summed E-state index contributed by atoms with van der Waals surface area (Å²) < 4.78 is 37.4. The Bertz CT molecular complexity index is 1000. The van der Waals surface area contributed by atoms with Crippen molar-refractivity contribution in [2.24, 2.45) is 0 Å². The summed E-state index contributed by atoms with van der Waals surface area (Å²) in [6.45, 7) is 1.99. The van der Waals surface area contributed by atoms with Crippen molar-refractivity contribution in [1.82, 2.24) is 9.97 Å². The minimum Gasteiger partial charge on any atom is -0.237 e. The van der Waals surface area contributed by atoms with Crippen LogP contribution >= 0.6 is 0 Å². The lowest BCUT2D eigenvalue weighted by atomic mass is 10.1. The third kappa shape index (κ3) is 3.33. The highest BCUT2D eigenvalue weighted by Gasteiger charge is 2.18. The Morgan fingerprint density at radius 2 is 1.71 bits per heavy atom. The predicted octanol–water partition coefficient (Wildman–Crippen LogP) is 3.66. The average Bonchev–Trinajstić information content (AvgIpc) is 2.55. The molecule has 2 aromatic carbocycles. The molecular formula is C18H15FN2O2S. The number of aromatic nitrogens is 2. The van der Waals surface area contributed by atoms with E-state index in [-0.39, 0.29) is 16.3 Å². The van der Waals surface area contributed by atoms with Crippen LogP contribution in [-0.2, 0) is 9.84 Å². The van der Waals surface area contributed by atoms with E-state index in [1.165, 1.54) is 12.1 Å². The third-order valence-corrected chi connectivity index (χ3v) is 4.72. The number of hydrogen-bond acceptors (Lipinski definition) is 4. The zero-order chi connectivity index (χ0) is 17.3. The molecular weight excluding hydrogens is 327 g/mol. The largest absolute Gasteiger partial charge is 0.237 e. The monoisotopic (exact) mass is 342 g/mol. The summed E-state index contributed by atoms with van der Waals surface area (Å²) in [5, 5.41) is 0. The van der Waals surface area contributed by atoms with Gasteiger partial charge in [-0.15, -0.1) is 0 Å². The molecule has 0 saturated carbocycles. The molecule has 0 bridgehead atoms. The van der Waals surface area contributed by atoms with Crippen molar-refractivity contribution in [2.45, 2.75) is 11.8 Å². The maximum atomic E-state index is 13.5. The highest BCUT2D eigenvalue weighted by molar-refractivity contribution is 7.90. The van der Waals surface area contributed by atoms with E-state index in [9.17, 15) is 12.8 Å². The first kappa shape index (κ1) is 16.3. The highest BCUT2D eigenvalue weighted by Crippen LogP contribution is 2.27. The fraction of sp³-hybridized carbons (Fsp3) is 0.111. The van der Waals surface area contributed by atoms with Crippen molar-refractivity contribution in [3.63, 3.8) is 0 Å². The van der Waals surface area contributed by atoms with Gasteiger partial charge in [-0.2, -0.15) is 0 Å². The molecule has 1 heterocycles. The standard InChI is InChI=1S/C18H15FN2O2S/c1-12-3-5-13(6-4-12)16-9-10-20-18(21-16)15-8-7-14(19)11-17(15)24(2,22)23/h3-11H,1-2H3. The summed E-state index contributed by atoms with van der Waals surface area (Å²) >= 11 is 0. The van der Waals surface area contributed by atoms with Gasteiger partial charge in [0.05, 0.1) is 10.6 Å². The van der Waals surface area contributed by atoms with E-state index >= 15 is 0 Å². The fourth-order valence-corrected chi connectivity index (χ4v) is 3.25. The SMILES string of the molecule is Cc1ccc(-c2ccnc(-c3ccc(F)cc3S(C)(=O)=O)n2)cc1. The molecule has 0 radical (unpaired) electrons. The van der Waals surface area contributed by atoms with Gasteiger partial charge in [0.2, 0.25) is 0 Å². The van der Waals surface area contributed by atoms with E-state index in [4.69, 9.17) is 0 Å². The Kier molecular flexibility index (Phi) is 4.15. The van der Waals surface area contributed by atoms with Gasteiger partial charge in [0.15, 0.2) is 15.7 Å². The van der Waals surface area contributed by atoms with E-state index in [1.807, 2.05) is 31.2 Å². The molecule has 0 spiro atoms. The molecule has 0 unspecified atom stereocenters. The summed E-state index contributed by atoms with van der Waals surface area (Å²) in [5.41, 5.74) is 2.98. The number of rotatable bonds is 3. The molecule has 6 heteroatoms. The van der Waals surface area contributed by atoms with Crippen molar-refractivity contribution < 1.29 is 12.8 Å². The molecule has 3 rings (SSSR count).